The lowest BCUT2D eigenvalue weighted by molar-refractivity contribution is -0.462. The number of guanidine groups is 1. The lowest BCUT2D eigenvalue weighted by Gasteiger charge is -2.13. The predicted molar refractivity (Wildman–Crippen MR) is 67.3 cm³/mol. The summed E-state index contributed by atoms with van der Waals surface area (Å²) in [6.45, 7) is 7.88. The number of ether oxygens (including phenoxy) is 2. The van der Waals surface area contributed by atoms with Gasteiger partial charge in [0.2, 0.25) is 0 Å². The van der Waals surface area contributed by atoms with E-state index in [1.165, 1.54) is 0 Å². The van der Waals surface area contributed by atoms with E-state index in [4.69, 9.17) is 20.9 Å². The summed E-state index contributed by atoms with van der Waals surface area (Å²) in [5, 5.41) is 0. The predicted octanol–water partition coefficient (Wildman–Crippen LogP) is -1.97. The molecule has 1 aliphatic rings. The maximum Gasteiger partial charge on any atom is 0.338 e. The van der Waals surface area contributed by atoms with Crippen molar-refractivity contribution in [2.75, 3.05) is 13.2 Å². The van der Waals surface area contributed by atoms with Crippen LogP contribution in [0.5, 0.6) is 0 Å². The highest BCUT2D eigenvalue weighted by Gasteiger charge is 2.37. The van der Waals surface area contributed by atoms with Crippen molar-refractivity contribution in [2.24, 2.45) is 17.4 Å². The van der Waals surface area contributed by atoms with Gasteiger partial charge < -0.3 is 9.47 Å². The fraction of sp³-hybridized carbons (Fsp3) is 0.500. The third kappa shape index (κ3) is 3.89. The van der Waals surface area contributed by atoms with Crippen LogP contribution in [0.4, 0.5) is 0 Å². The van der Waals surface area contributed by atoms with Crippen molar-refractivity contribution in [1.29, 1.82) is 0 Å². The number of rotatable bonds is 6. The second-order valence-corrected chi connectivity index (χ2v) is 4.00. The van der Waals surface area contributed by atoms with Gasteiger partial charge in [-0.15, -0.1) is 13.2 Å². The van der Waals surface area contributed by atoms with Crippen LogP contribution in [-0.2, 0) is 14.3 Å². The van der Waals surface area contributed by atoms with Crippen LogP contribution in [0.2, 0.25) is 0 Å². The topological polar surface area (TPSA) is 102 Å². The van der Waals surface area contributed by atoms with Crippen LogP contribution in [0.15, 0.2) is 25.3 Å². The maximum absolute atomic E-state index is 11.8. The number of hydrogen-bond acceptors (Lipinski definition) is 3. The van der Waals surface area contributed by atoms with Gasteiger partial charge in [0.15, 0.2) is 0 Å². The third-order valence-electron chi connectivity index (χ3n) is 2.69. The molecule has 0 aliphatic carbocycles. The smallest absolute Gasteiger partial charge is 0.338 e. The number of nitrogens with two attached hydrogens (primary N) is 2. The molecule has 0 radical (unpaired) electrons. The molecular formula is C12H20N3O3+. The van der Waals surface area contributed by atoms with E-state index < -0.39 is 0 Å². The Morgan fingerprint density at radius 3 is 2.72 bits per heavy atom. The number of hydrogen-bond donors (Lipinski definition) is 3. The van der Waals surface area contributed by atoms with Gasteiger partial charge in [-0.1, -0.05) is 12.2 Å². The molecule has 1 fully saturated rings. The van der Waals surface area contributed by atoms with E-state index in [0.717, 1.165) is 0 Å². The summed E-state index contributed by atoms with van der Waals surface area (Å²) in [6.07, 6.45) is 3.41. The first-order valence-corrected chi connectivity index (χ1v) is 5.77. The lowest BCUT2D eigenvalue weighted by atomic mass is 9.99. The van der Waals surface area contributed by atoms with Crippen LogP contribution in [0.3, 0.4) is 0 Å². The SMILES string of the molecule is C=C[C@H]1C[C@H](C(=O)OCC[NH+]=C(N)N)[C@@H](C=C)O1. The number of nitrogens with one attached hydrogen (secondary N) is 1. The summed E-state index contributed by atoms with van der Waals surface area (Å²) in [6, 6.07) is 0. The van der Waals surface area contributed by atoms with Crippen LogP contribution in [0.25, 0.3) is 0 Å². The minimum absolute atomic E-state index is 0.103. The zero-order chi connectivity index (χ0) is 13.5. The van der Waals surface area contributed by atoms with E-state index in [2.05, 4.69) is 18.2 Å². The van der Waals surface area contributed by atoms with E-state index >= 15 is 0 Å². The summed E-state index contributed by atoms with van der Waals surface area (Å²) in [5.74, 6) is -0.530. The zero-order valence-electron chi connectivity index (χ0n) is 10.3. The minimum Gasteiger partial charge on any atom is -0.462 e. The number of carbonyl (C=O) groups excluding carboxylic acids is 1. The molecule has 100 valence electrons. The van der Waals surface area contributed by atoms with E-state index in [1.54, 1.807) is 12.2 Å². The number of esters is 1. The largest absolute Gasteiger partial charge is 0.462 e. The first-order chi connectivity index (χ1) is 8.58. The summed E-state index contributed by atoms with van der Waals surface area (Å²) < 4.78 is 10.7. The van der Waals surface area contributed by atoms with Gasteiger partial charge >= 0.3 is 11.9 Å². The van der Waals surface area contributed by atoms with Crippen LogP contribution in [-0.4, -0.2) is 37.3 Å². The Morgan fingerprint density at radius 1 is 1.44 bits per heavy atom. The van der Waals surface area contributed by atoms with Crippen molar-refractivity contribution in [1.82, 2.24) is 0 Å². The van der Waals surface area contributed by atoms with Crippen LogP contribution < -0.4 is 16.5 Å². The highest BCUT2D eigenvalue weighted by molar-refractivity contribution is 5.74. The molecule has 6 heteroatoms. The molecule has 6 nitrogen and oxygen atoms in total. The minimum atomic E-state index is -0.329. The molecule has 1 saturated heterocycles. The quantitative estimate of drug-likeness (QED) is 0.168. The van der Waals surface area contributed by atoms with Gasteiger partial charge in [0.1, 0.15) is 6.61 Å². The van der Waals surface area contributed by atoms with Crippen LogP contribution in [0.1, 0.15) is 6.42 Å². The second kappa shape index (κ2) is 6.80. The van der Waals surface area contributed by atoms with E-state index in [9.17, 15) is 4.79 Å². The van der Waals surface area contributed by atoms with Crippen molar-refractivity contribution in [3.05, 3.63) is 25.3 Å². The van der Waals surface area contributed by atoms with Crippen molar-refractivity contribution in [2.45, 2.75) is 18.6 Å². The Hall–Kier alpha value is -1.82. The molecule has 0 amide bonds. The van der Waals surface area contributed by atoms with Crippen LogP contribution >= 0.6 is 0 Å². The van der Waals surface area contributed by atoms with Crippen molar-refractivity contribution in [3.8, 4) is 0 Å². The van der Waals surface area contributed by atoms with Crippen molar-refractivity contribution in [3.63, 3.8) is 0 Å². The molecule has 0 aromatic carbocycles. The fourth-order valence-electron chi connectivity index (χ4n) is 1.79. The summed E-state index contributed by atoms with van der Waals surface area (Å²) in [4.78, 5) is 14.5. The molecule has 0 aromatic rings. The third-order valence-corrected chi connectivity index (χ3v) is 2.69. The highest BCUT2D eigenvalue weighted by atomic mass is 16.5. The molecular weight excluding hydrogens is 234 g/mol. The Morgan fingerprint density at radius 2 is 2.17 bits per heavy atom. The van der Waals surface area contributed by atoms with Gasteiger partial charge in [-0.05, 0) is 6.42 Å². The molecule has 18 heavy (non-hydrogen) atoms. The number of carbonyl (C=O) groups is 1. The second-order valence-electron chi connectivity index (χ2n) is 4.00. The normalized spacial score (nSPS) is 26.3. The zero-order valence-corrected chi connectivity index (χ0v) is 10.3. The van der Waals surface area contributed by atoms with Gasteiger partial charge in [0, 0.05) is 0 Å². The summed E-state index contributed by atoms with van der Waals surface area (Å²) in [7, 11) is 0. The highest BCUT2D eigenvalue weighted by Crippen LogP contribution is 2.28. The van der Waals surface area contributed by atoms with Gasteiger partial charge in [-0.2, -0.15) is 0 Å². The first-order valence-electron chi connectivity index (χ1n) is 5.77. The van der Waals surface area contributed by atoms with E-state index in [0.29, 0.717) is 13.0 Å². The summed E-state index contributed by atoms with van der Waals surface area (Å²) >= 11 is 0. The molecule has 0 aromatic heterocycles. The van der Waals surface area contributed by atoms with Crippen molar-refractivity contribution >= 4 is 11.9 Å². The molecule has 0 spiro atoms. The van der Waals surface area contributed by atoms with Gasteiger partial charge in [-0.3, -0.25) is 21.3 Å². The average Bonchev–Trinajstić information content (AvgIpc) is 2.77. The molecule has 0 unspecified atom stereocenters. The molecule has 0 bridgehead atoms. The molecule has 1 aliphatic heterocycles. The van der Waals surface area contributed by atoms with Gasteiger partial charge in [0.05, 0.1) is 24.7 Å². The van der Waals surface area contributed by atoms with Gasteiger partial charge in [0.25, 0.3) is 0 Å². The van der Waals surface area contributed by atoms with Crippen LogP contribution in [0, 0.1) is 5.92 Å². The molecule has 0 saturated carbocycles. The molecule has 1 heterocycles. The standard InChI is InChI=1S/C12H19N3O3/c1-3-8-7-9(10(4-2)18-8)11(16)17-6-5-15-12(13)14/h3-4,8-10H,1-2,5-7H2,(H4,13,14,15)/p+1/t8-,9-,10+/m0/s1. The van der Waals surface area contributed by atoms with Crippen molar-refractivity contribution < 1.29 is 19.3 Å². The summed E-state index contributed by atoms with van der Waals surface area (Å²) in [5.41, 5.74) is 10.4. The monoisotopic (exact) mass is 254 g/mol. The van der Waals surface area contributed by atoms with E-state index in [1.807, 2.05) is 0 Å². The Labute approximate surface area is 106 Å². The Balaban J connectivity index is 2.43. The maximum atomic E-state index is 11.8. The molecule has 3 atom stereocenters. The van der Waals surface area contributed by atoms with Gasteiger partial charge in [-0.25, -0.2) is 0 Å². The van der Waals surface area contributed by atoms with E-state index in [-0.39, 0.29) is 36.7 Å². The molecule has 5 N–H and O–H groups in total. The first kappa shape index (κ1) is 14.2. The average molecular weight is 254 g/mol. The molecule has 1 rings (SSSR count). The lowest BCUT2D eigenvalue weighted by Crippen LogP contribution is -2.79. The fourth-order valence-corrected chi connectivity index (χ4v) is 1.79. The Bertz CT molecular complexity index is 350. The Kier molecular flexibility index (Phi) is 5.38.